The molecule has 0 fully saturated rings. The fourth-order valence-corrected chi connectivity index (χ4v) is 1.78. The van der Waals surface area contributed by atoms with Gasteiger partial charge in [0.1, 0.15) is 6.04 Å². The average Bonchev–Trinajstić information content (AvgIpc) is 2.27. The largest absolute Gasteiger partial charge is 0.481 e. The molecule has 3 N–H and O–H groups in total. The standard InChI is InChI=1S/C13H15NO5/c1-7-4-3-5-8(2)11(7)12(17)14-9(13(18)19)6-10(15)16/h3-5,9H,6H2,1-2H3,(H,14,17)(H,15,16)(H,18,19)/t9-/m0/s1. The zero-order valence-electron chi connectivity index (χ0n) is 10.6. The number of aliphatic carboxylic acids is 2. The predicted octanol–water partition coefficient (Wildman–Crippen LogP) is 0.961. The maximum atomic E-state index is 12.0. The first kappa shape index (κ1) is 14.7. The van der Waals surface area contributed by atoms with E-state index in [2.05, 4.69) is 5.32 Å². The number of carbonyl (C=O) groups excluding carboxylic acids is 1. The lowest BCUT2D eigenvalue weighted by Gasteiger charge is -2.15. The van der Waals surface area contributed by atoms with Crippen LogP contribution in [0.4, 0.5) is 0 Å². The van der Waals surface area contributed by atoms with Gasteiger partial charge >= 0.3 is 11.9 Å². The van der Waals surface area contributed by atoms with Gasteiger partial charge in [-0.2, -0.15) is 0 Å². The minimum atomic E-state index is -1.44. The van der Waals surface area contributed by atoms with Crippen molar-refractivity contribution in [3.63, 3.8) is 0 Å². The summed E-state index contributed by atoms with van der Waals surface area (Å²) >= 11 is 0. The van der Waals surface area contributed by atoms with E-state index in [1.807, 2.05) is 0 Å². The van der Waals surface area contributed by atoms with E-state index >= 15 is 0 Å². The van der Waals surface area contributed by atoms with E-state index in [9.17, 15) is 14.4 Å². The van der Waals surface area contributed by atoms with Crippen LogP contribution in [0.5, 0.6) is 0 Å². The van der Waals surface area contributed by atoms with E-state index < -0.39 is 30.3 Å². The second-order valence-electron chi connectivity index (χ2n) is 4.23. The lowest BCUT2D eigenvalue weighted by molar-refractivity contribution is -0.145. The van der Waals surface area contributed by atoms with Crippen LogP contribution < -0.4 is 5.32 Å². The molecule has 0 aliphatic heterocycles. The molecule has 0 unspecified atom stereocenters. The number of amides is 1. The molecule has 0 saturated carbocycles. The van der Waals surface area contributed by atoms with E-state index in [0.29, 0.717) is 16.7 Å². The van der Waals surface area contributed by atoms with Gasteiger partial charge in [0.05, 0.1) is 6.42 Å². The summed E-state index contributed by atoms with van der Waals surface area (Å²) in [5.41, 5.74) is 1.79. The second kappa shape index (κ2) is 5.99. The molecule has 0 saturated heterocycles. The van der Waals surface area contributed by atoms with Gasteiger partial charge in [-0.15, -0.1) is 0 Å². The third-order valence-electron chi connectivity index (χ3n) is 2.69. The normalized spacial score (nSPS) is 11.7. The molecule has 19 heavy (non-hydrogen) atoms. The Morgan fingerprint density at radius 2 is 1.68 bits per heavy atom. The van der Waals surface area contributed by atoms with Crippen molar-refractivity contribution in [3.8, 4) is 0 Å². The molecular weight excluding hydrogens is 250 g/mol. The van der Waals surface area contributed by atoms with Crippen molar-refractivity contribution in [1.29, 1.82) is 0 Å². The molecule has 6 heteroatoms. The van der Waals surface area contributed by atoms with Gasteiger partial charge in [0.2, 0.25) is 0 Å². The van der Waals surface area contributed by atoms with Crippen LogP contribution in [0.1, 0.15) is 27.9 Å². The minimum absolute atomic E-state index is 0.374. The molecule has 6 nitrogen and oxygen atoms in total. The summed E-state index contributed by atoms with van der Waals surface area (Å²) in [4.78, 5) is 33.5. The second-order valence-corrected chi connectivity index (χ2v) is 4.23. The third-order valence-corrected chi connectivity index (χ3v) is 2.69. The number of hydrogen-bond donors (Lipinski definition) is 3. The highest BCUT2D eigenvalue weighted by Gasteiger charge is 2.24. The summed E-state index contributed by atoms with van der Waals surface area (Å²) in [6.07, 6.45) is -0.661. The first-order valence-corrected chi connectivity index (χ1v) is 5.64. The molecule has 1 rings (SSSR count). The number of carboxylic acid groups (broad SMARTS) is 2. The van der Waals surface area contributed by atoms with Gasteiger partial charge in [-0.3, -0.25) is 9.59 Å². The van der Waals surface area contributed by atoms with Gasteiger partial charge in [-0.25, -0.2) is 4.79 Å². The van der Waals surface area contributed by atoms with Gasteiger partial charge in [0.15, 0.2) is 0 Å². The topological polar surface area (TPSA) is 104 Å². The van der Waals surface area contributed by atoms with Crippen LogP contribution in [0.3, 0.4) is 0 Å². The van der Waals surface area contributed by atoms with Crippen LogP contribution in [0.25, 0.3) is 0 Å². The lowest BCUT2D eigenvalue weighted by atomic mass is 10.0. The highest BCUT2D eigenvalue weighted by Crippen LogP contribution is 2.13. The molecule has 1 amide bonds. The van der Waals surface area contributed by atoms with E-state index in [1.165, 1.54) is 0 Å². The Balaban J connectivity index is 2.94. The van der Waals surface area contributed by atoms with Crippen molar-refractivity contribution >= 4 is 17.8 Å². The van der Waals surface area contributed by atoms with Gasteiger partial charge in [0.25, 0.3) is 5.91 Å². The predicted molar refractivity (Wildman–Crippen MR) is 67.1 cm³/mol. The van der Waals surface area contributed by atoms with Gasteiger partial charge in [0, 0.05) is 5.56 Å². The smallest absolute Gasteiger partial charge is 0.326 e. The first-order valence-electron chi connectivity index (χ1n) is 5.64. The zero-order chi connectivity index (χ0) is 14.6. The molecule has 102 valence electrons. The summed E-state index contributed by atoms with van der Waals surface area (Å²) < 4.78 is 0. The molecule has 1 aromatic carbocycles. The van der Waals surface area contributed by atoms with E-state index in [1.54, 1.807) is 32.0 Å². The van der Waals surface area contributed by atoms with Crippen LogP contribution in [0.2, 0.25) is 0 Å². The molecule has 1 aromatic rings. The van der Waals surface area contributed by atoms with Gasteiger partial charge in [-0.1, -0.05) is 18.2 Å². The number of rotatable bonds is 5. The SMILES string of the molecule is Cc1cccc(C)c1C(=O)N[C@@H](CC(=O)O)C(=O)O. The maximum absolute atomic E-state index is 12.0. The Morgan fingerprint density at radius 1 is 1.16 bits per heavy atom. The molecule has 0 spiro atoms. The molecule has 0 aromatic heterocycles. The fourth-order valence-electron chi connectivity index (χ4n) is 1.78. The van der Waals surface area contributed by atoms with Crippen molar-refractivity contribution in [2.24, 2.45) is 0 Å². The minimum Gasteiger partial charge on any atom is -0.481 e. The van der Waals surface area contributed by atoms with Crippen LogP contribution in [0, 0.1) is 13.8 Å². The van der Waals surface area contributed by atoms with E-state index in [0.717, 1.165) is 0 Å². The summed E-state index contributed by atoms with van der Waals surface area (Å²) in [7, 11) is 0. The number of hydrogen-bond acceptors (Lipinski definition) is 3. The number of carboxylic acids is 2. The Hall–Kier alpha value is -2.37. The maximum Gasteiger partial charge on any atom is 0.326 e. The van der Waals surface area contributed by atoms with E-state index in [-0.39, 0.29) is 0 Å². The number of benzene rings is 1. The van der Waals surface area contributed by atoms with Crippen molar-refractivity contribution in [1.82, 2.24) is 5.32 Å². The molecule has 0 heterocycles. The van der Waals surface area contributed by atoms with Crippen molar-refractivity contribution in [2.75, 3.05) is 0 Å². The highest BCUT2D eigenvalue weighted by atomic mass is 16.4. The van der Waals surface area contributed by atoms with E-state index in [4.69, 9.17) is 10.2 Å². The highest BCUT2D eigenvalue weighted by molar-refractivity contribution is 5.99. The van der Waals surface area contributed by atoms with Crippen LogP contribution >= 0.6 is 0 Å². The van der Waals surface area contributed by atoms with Crippen LogP contribution in [0.15, 0.2) is 18.2 Å². The Kier molecular flexibility index (Phi) is 4.63. The summed E-state index contributed by atoms with van der Waals surface area (Å²) in [5.74, 6) is -3.24. The number of aryl methyl sites for hydroxylation is 2. The molecular formula is C13H15NO5. The molecule has 0 aliphatic rings. The number of carbonyl (C=O) groups is 3. The molecule has 0 bridgehead atoms. The number of nitrogens with one attached hydrogen (secondary N) is 1. The monoisotopic (exact) mass is 265 g/mol. The summed E-state index contributed by atoms with van der Waals surface area (Å²) in [6.45, 7) is 3.46. The van der Waals surface area contributed by atoms with Crippen molar-refractivity contribution < 1.29 is 24.6 Å². The van der Waals surface area contributed by atoms with Crippen molar-refractivity contribution in [3.05, 3.63) is 34.9 Å². The van der Waals surface area contributed by atoms with Crippen LogP contribution in [-0.4, -0.2) is 34.1 Å². The quantitative estimate of drug-likeness (QED) is 0.735. The Bertz CT molecular complexity index is 504. The van der Waals surface area contributed by atoms with Crippen LogP contribution in [-0.2, 0) is 9.59 Å². The molecule has 0 aliphatic carbocycles. The summed E-state index contributed by atoms with van der Waals surface area (Å²) in [5, 5.41) is 19.7. The van der Waals surface area contributed by atoms with Crippen molar-refractivity contribution in [2.45, 2.75) is 26.3 Å². The fraction of sp³-hybridized carbons (Fsp3) is 0.308. The summed E-state index contributed by atoms with van der Waals surface area (Å²) in [6, 6.07) is 3.81. The average molecular weight is 265 g/mol. The zero-order valence-corrected chi connectivity index (χ0v) is 10.6. The Morgan fingerprint density at radius 3 is 2.11 bits per heavy atom. The van der Waals surface area contributed by atoms with Gasteiger partial charge < -0.3 is 15.5 Å². The third kappa shape index (κ3) is 3.80. The lowest BCUT2D eigenvalue weighted by Crippen LogP contribution is -2.42. The Labute approximate surface area is 110 Å². The molecule has 0 radical (unpaired) electrons. The molecule has 1 atom stereocenters. The first-order chi connectivity index (χ1) is 8.82. The van der Waals surface area contributed by atoms with Gasteiger partial charge in [-0.05, 0) is 25.0 Å².